The van der Waals surface area contributed by atoms with Crippen molar-refractivity contribution in [3.63, 3.8) is 0 Å². The smallest absolute Gasteiger partial charge is 0.333 e. The number of carbonyl (C=O) groups is 3. The van der Waals surface area contributed by atoms with E-state index in [1.165, 1.54) is 0 Å². The van der Waals surface area contributed by atoms with Crippen LogP contribution in [-0.4, -0.2) is 72.0 Å². The van der Waals surface area contributed by atoms with Gasteiger partial charge in [0.15, 0.2) is 0 Å². The molecule has 35 heavy (non-hydrogen) atoms. The van der Waals surface area contributed by atoms with Crippen LogP contribution in [-0.2, 0) is 19.1 Å². The van der Waals surface area contributed by atoms with Gasteiger partial charge in [0.25, 0.3) is 0 Å². The summed E-state index contributed by atoms with van der Waals surface area (Å²) in [5.74, 6) is -0.0903. The first kappa shape index (κ1) is 31.1. The Balaban J connectivity index is 3.19. The third kappa shape index (κ3) is 8.62. The summed E-state index contributed by atoms with van der Waals surface area (Å²) in [5.41, 5.74) is -0.00643. The molecule has 0 spiro atoms. The fraction of sp³-hybridized carbons (Fsp3) is 0.821. The SMILES string of the molecule is CCOC(=O)/C(C)=C/[C@H](C(C)C)N(C)C(=O)[C@@H](NC(=O)[C@@H]1CCCCN1C(C)C(C)C)C(C)(C)C. The molecule has 1 saturated heterocycles. The maximum atomic E-state index is 13.8. The average molecular weight is 494 g/mol. The zero-order valence-corrected chi connectivity index (χ0v) is 24.1. The lowest BCUT2D eigenvalue weighted by atomic mass is 9.84. The maximum Gasteiger partial charge on any atom is 0.333 e. The Bertz CT molecular complexity index is 754. The van der Waals surface area contributed by atoms with Gasteiger partial charge in [0, 0.05) is 18.7 Å². The van der Waals surface area contributed by atoms with Gasteiger partial charge in [0.1, 0.15) is 6.04 Å². The summed E-state index contributed by atoms with van der Waals surface area (Å²) < 4.78 is 5.12. The number of hydrogen-bond acceptors (Lipinski definition) is 5. The van der Waals surface area contributed by atoms with Gasteiger partial charge in [0.05, 0.1) is 18.7 Å². The van der Waals surface area contributed by atoms with Crippen molar-refractivity contribution in [2.45, 2.75) is 113 Å². The second-order valence-corrected chi connectivity index (χ2v) is 11.8. The minimum Gasteiger partial charge on any atom is -0.463 e. The maximum absolute atomic E-state index is 13.8. The van der Waals surface area contributed by atoms with E-state index in [1.807, 2.05) is 34.6 Å². The van der Waals surface area contributed by atoms with Crippen molar-refractivity contribution in [1.29, 1.82) is 0 Å². The second-order valence-electron chi connectivity index (χ2n) is 11.8. The molecule has 4 atom stereocenters. The van der Waals surface area contributed by atoms with Crippen molar-refractivity contribution >= 4 is 17.8 Å². The predicted octanol–water partition coefficient (Wildman–Crippen LogP) is 4.41. The molecule has 2 amide bonds. The molecule has 0 aromatic carbocycles. The summed E-state index contributed by atoms with van der Waals surface area (Å²) in [5, 5.41) is 3.14. The Morgan fingerprint density at radius 1 is 1.09 bits per heavy atom. The summed E-state index contributed by atoms with van der Waals surface area (Å²) in [6.45, 7) is 21.2. The summed E-state index contributed by atoms with van der Waals surface area (Å²) in [7, 11) is 1.75. The normalized spacial score (nSPS) is 20.4. The highest BCUT2D eigenvalue weighted by Gasteiger charge is 2.40. The Morgan fingerprint density at radius 3 is 2.17 bits per heavy atom. The van der Waals surface area contributed by atoms with Crippen LogP contribution in [0.4, 0.5) is 0 Å². The number of amides is 2. The highest BCUT2D eigenvalue weighted by atomic mass is 16.5. The quantitative estimate of drug-likeness (QED) is 0.360. The minimum absolute atomic E-state index is 0.0711. The van der Waals surface area contributed by atoms with Gasteiger partial charge >= 0.3 is 5.97 Å². The van der Waals surface area contributed by atoms with Crippen molar-refractivity contribution in [3.05, 3.63) is 11.6 Å². The first-order valence-electron chi connectivity index (χ1n) is 13.3. The van der Waals surface area contributed by atoms with Crippen molar-refractivity contribution in [3.8, 4) is 0 Å². The van der Waals surface area contributed by atoms with E-state index in [4.69, 9.17) is 4.74 Å². The van der Waals surface area contributed by atoms with Crippen molar-refractivity contribution in [2.24, 2.45) is 17.3 Å². The minimum atomic E-state index is -0.685. The molecule has 202 valence electrons. The Hall–Kier alpha value is -1.89. The van der Waals surface area contributed by atoms with Crippen LogP contribution < -0.4 is 5.32 Å². The molecule has 0 radical (unpaired) electrons. The summed E-state index contributed by atoms with van der Waals surface area (Å²) >= 11 is 0. The standard InChI is InChI=1S/C28H51N3O4/c1-12-35-27(34)20(6)17-23(19(4)5)30(11)26(33)24(28(8,9)10)29-25(32)22-15-13-14-16-31(22)21(7)18(2)3/h17-19,21-24H,12-16H2,1-11H3,(H,29,32)/b20-17+/t21?,22-,23+,24+/m0/s1. The third-order valence-electron chi connectivity index (χ3n) is 7.23. The number of rotatable bonds is 10. The summed E-state index contributed by atoms with van der Waals surface area (Å²) in [4.78, 5) is 43.5. The Labute approximate surface area is 214 Å². The second kappa shape index (κ2) is 13.4. The largest absolute Gasteiger partial charge is 0.463 e. The van der Waals surface area contributed by atoms with Gasteiger partial charge in [-0.05, 0) is 57.4 Å². The van der Waals surface area contributed by atoms with E-state index >= 15 is 0 Å². The number of nitrogens with one attached hydrogen (secondary N) is 1. The van der Waals surface area contributed by atoms with Gasteiger partial charge in [-0.25, -0.2) is 4.79 Å². The molecular weight excluding hydrogens is 442 g/mol. The molecular formula is C28H51N3O4. The fourth-order valence-electron chi connectivity index (χ4n) is 4.66. The number of hydrogen-bond donors (Lipinski definition) is 1. The lowest BCUT2D eigenvalue weighted by molar-refractivity contribution is -0.142. The molecule has 1 N–H and O–H groups in total. The summed E-state index contributed by atoms with van der Waals surface area (Å²) in [6, 6.07) is -0.925. The van der Waals surface area contributed by atoms with Crippen LogP contribution in [0.1, 0.15) is 88.5 Å². The highest BCUT2D eigenvalue weighted by Crippen LogP contribution is 2.27. The number of likely N-dealkylation sites (N-methyl/N-ethyl adjacent to an activating group) is 1. The molecule has 1 aliphatic rings. The number of piperidine rings is 1. The monoisotopic (exact) mass is 493 g/mol. The highest BCUT2D eigenvalue weighted by molar-refractivity contribution is 5.91. The Morgan fingerprint density at radius 2 is 1.69 bits per heavy atom. The van der Waals surface area contributed by atoms with Crippen molar-refractivity contribution in [1.82, 2.24) is 15.1 Å². The average Bonchev–Trinajstić information content (AvgIpc) is 2.78. The van der Waals surface area contributed by atoms with Crippen LogP contribution in [0.25, 0.3) is 0 Å². The zero-order chi connectivity index (χ0) is 27.1. The number of nitrogens with zero attached hydrogens (tertiary/aromatic N) is 2. The first-order chi connectivity index (χ1) is 16.1. The van der Waals surface area contributed by atoms with Crippen LogP contribution in [0.15, 0.2) is 11.6 Å². The molecule has 0 aromatic heterocycles. The molecule has 1 fully saturated rings. The van der Waals surface area contributed by atoms with Crippen LogP contribution in [0.3, 0.4) is 0 Å². The van der Waals surface area contributed by atoms with Gasteiger partial charge in [-0.15, -0.1) is 0 Å². The van der Waals surface area contributed by atoms with E-state index in [0.29, 0.717) is 24.1 Å². The lowest BCUT2D eigenvalue weighted by Gasteiger charge is -2.42. The molecule has 7 heteroatoms. The lowest BCUT2D eigenvalue weighted by Crippen LogP contribution is -2.61. The fourth-order valence-corrected chi connectivity index (χ4v) is 4.66. The van der Waals surface area contributed by atoms with Gasteiger partial charge < -0.3 is 15.0 Å². The molecule has 1 heterocycles. The first-order valence-corrected chi connectivity index (χ1v) is 13.3. The number of esters is 1. The van der Waals surface area contributed by atoms with Crippen LogP contribution in [0, 0.1) is 17.3 Å². The topological polar surface area (TPSA) is 79.0 Å². The van der Waals surface area contributed by atoms with Gasteiger partial charge in [0.2, 0.25) is 11.8 Å². The van der Waals surface area contributed by atoms with Gasteiger partial charge in [-0.1, -0.05) is 61.0 Å². The van der Waals surface area contributed by atoms with Crippen molar-refractivity contribution in [2.75, 3.05) is 20.2 Å². The molecule has 0 aliphatic carbocycles. The van der Waals surface area contributed by atoms with Gasteiger partial charge in [-0.3, -0.25) is 14.5 Å². The van der Waals surface area contributed by atoms with E-state index in [1.54, 1.807) is 31.9 Å². The van der Waals surface area contributed by atoms with Crippen LogP contribution in [0.2, 0.25) is 0 Å². The van der Waals surface area contributed by atoms with Crippen LogP contribution in [0.5, 0.6) is 0 Å². The van der Waals surface area contributed by atoms with E-state index in [2.05, 4.69) is 31.0 Å². The number of carbonyl (C=O) groups excluding carboxylic acids is 3. The van der Waals surface area contributed by atoms with Gasteiger partial charge in [-0.2, -0.15) is 0 Å². The molecule has 0 aromatic rings. The Kier molecular flexibility index (Phi) is 11.9. The number of likely N-dealkylation sites (tertiary alicyclic amines) is 1. The molecule has 1 unspecified atom stereocenters. The van der Waals surface area contributed by atoms with E-state index in [-0.39, 0.29) is 35.8 Å². The molecule has 0 bridgehead atoms. The van der Waals surface area contributed by atoms with Crippen LogP contribution >= 0.6 is 0 Å². The van der Waals surface area contributed by atoms with E-state index in [0.717, 1.165) is 25.8 Å². The number of ether oxygens (including phenoxy) is 1. The molecule has 1 rings (SSSR count). The molecule has 0 saturated carbocycles. The van der Waals surface area contributed by atoms with E-state index in [9.17, 15) is 14.4 Å². The predicted molar refractivity (Wildman–Crippen MR) is 142 cm³/mol. The summed E-state index contributed by atoms with van der Waals surface area (Å²) in [6.07, 6.45) is 4.71. The molecule has 7 nitrogen and oxygen atoms in total. The van der Waals surface area contributed by atoms with Crippen molar-refractivity contribution < 1.29 is 19.1 Å². The molecule has 1 aliphatic heterocycles. The third-order valence-corrected chi connectivity index (χ3v) is 7.23. The zero-order valence-electron chi connectivity index (χ0n) is 24.1. The van der Waals surface area contributed by atoms with E-state index < -0.39 is 11.5 Å².